The molecule has 2 unspecified atom stereocenters. The van der Waals surface area contributed by atoms with Crippen molar-refractivity contribution in [3.8, 4) is 0 Å². The van der Waals surface area contributed by atoms with Gasteiger partial charge in [0.1, 0.15) is 0 Å². The number of hydrogen-bond donors (Lipinski definition) is 1. The van der Waals surface area contributed by atoms with E-state index in [0.29, 0.717) is 6.54 Å². The van der Waals surface area contributed by atoms with Crippen LogP contribution in [0.5, 0.6) is 0 Å². The summed E-state index contributed by atoms with van der Waals surface area (Å²) in [5, 5.41) is 9.86. The molecule has 2 aromatic rings. The van der Waals surface area contributed by atoms with Crippen LogP contribution in [-0.2, 0) is 20.1 Å². The molecule has 0 bridgehead atoms. The Morgan fingerprint density at radius 1 is 1.14 bits per heavy atom. The molecule has 0 saturated heterocycles. The molecule has 0 aromatic carbocycles. The number of hydrogen-bond acceptors (Lipinski definition) is 5. The smallest absolute Gasteiger partial charge is 0.332 e. The van der Waals surface area contributed by atoms with E-state index in [0.717, 1.165) is 10.1 Å². The zero-order chi connectivity index (χ0) is 21.3. The number of allylic oxidation sites excluding steroid dienone is 2. The van der Waals surface area contributed by atoms with Crippen molar-refractivity contribution in [3.05, 3.63) is 43.0 Å². The van der Waals surface area contributed by atoms with Gasteiger partial charge in [-0.05, 0) is 41.8 Å². The fourth-order valence-corrected chi connectivity index (χ4v) is 3.50. The molecular formula is C19H31N5O4. The summed E-state index contributed by atoms with van der Waals surface area (Å²) in [7, 11) is 5.32. The molecule has 2 rings (SSSR count). The highest BCUT2D eigenvalue weighted by molar-refractivity contribution is 5.71. The van der Waals surface area contributed by atoms with Crippen molar-refractivity contribution in [3.63, 3.8) is 0 Å². The van der Waals surface area contributed by atoms with Crippen LogP contribution in [0.2, 0.25) is 0 Å². The molecule has 0 aliphatic rings. The van der Waals surface area contributed by atoms with Gasteiger partial charge in [0, 0.05) is 19.6 Å². The second kappa shape index (κ2) is 8.32. The average molecular weight is 392 g/mol. The zero-order valence-corrected chi connectivity index (χ0v) is 17.8. The maximum absolute atomic E-state index is 13.3. The minimum atomic E-state index is -0.802. The Hall–Kier alpha value is -2.39. The zero-order valence-electron chi connectivity index (χ0n) is 17.8. The summed E-state index contributed by atoms with van der Waals surface area (Å²) in [5.74, 6) is 0. The first-order valence-corrected chi connectivity index (χ1v) is 9.40. The lowest BCUT2D eigenvalue weighted by molar-refractivity contribution is 0.172. The van der Waals surface area contributed by atoms with Crippen molar-refractivity contribution < 1.29 is 5.11 Å². The standard InChI is InChI=1S/C19H31N5O4/c1-8-12(2)9-23-17(26)15-16(21(7)18(23)27)22(11-14(4)25)19(28)24(15)13(3)10-20(5)6/h8,13-14,25H,9-11H2,1-7H3/b12-8-/i19-1. The van der Waals surface area contributed by atoms with E-state index in [4.69, 9.17) is 0 Å². The van der Waals surface area contributed by atoms with E-state index >= 15 is 0 Å². The van der Waals surface area contributed by atoms with Gasteiger partial charge < -0.3 is 10.0 Å². The highest BCUT2D eigenvalue weighted by atomic mass is 16.3. The number of imidazole rings is 1. The van der Waals surface area contributed by atoms with E-state index in [9.17, 15) is 19.5 Å². The van der Waals surface area contributed by atoms with Crippen molar-refractivity contribution in [1.82, 2.24) is 23.2 Å². The number of likely N-dealkylation sites (N-methyl/N-ethyl adjacent to an activating group) is 1. The molecule has 0 amide bonds. The Morgan fingerprint density at radius 3 is 2.25 bits per heavy atom. The first kappa shape index (κ1) is 21.9. The lowest BCUT2D eigenvalue weighted by Gasteiger charge is -2.18. The minimum Gasteiger partial charge on any atom is -0.392 e. The predicted octanol–water partition coefficient (Wildman–Crippen LogP) is 0.133. The molecule has 0 radical (unpaired) electrons. The average Bonchev–Trinajstić information content (AvgIpc) is 2.88. The normalized spacial score (nSPS) is 14.8. The van der Waals surface area contributed by atoms with Crippen LogP contribution < -0.4 is 16.9 Å². The monoisotopic (exact) mass is 392 g/mol. The second-order valence-electron chi connectivity index (χ2n) is 7.76. The van der Waals surface area contributed by atoms with Gasteiger partial charge in [-0.1, -0.05) is 11.6 Å². The molecule has 0 aliphatic carbocycles. The lowest BCUT2D eigenvalue weighted by atomic mass is 10.2. The molecule has 2 atom stereocenters. The molecule has 0 aliphatic heterocycles. The van der Waals surface area contributed by atoms with Crippen LogP contribution in [0.3, 0.4) is 0 Å². The van der Waals surface area contributed by atoms with E-state index in [1.165, 1.54) is 13.7 Å². The molecule has 0 fully saturated rings. The quantitative estimate of drug-likeness (QED) is 0.676. The Labute approximate surface area is 163 Å². The van der Waals surface area contributed by atoms with Gasteiger partial charge in [0.05, 0.1) is 19.2 Å². The molecule has 0 saturated carbocycles. The van der Waals surface area contributed by atoms with E-state index in [2.05, 4.69) is 0 Å². The highest BCUT2D eigenvalue weighted by Crippen LogP contribution is 2.14. The van der Waals surface area contributed by atoms with Crippen LogP contribution in [0.1, 0.15) is 33.7 Å². The molecule has 1 N–H and O–H groups in total. The van der Waals surface area contributed by atoms with Crippen molar-refractivity contribution in [2.75, 3.05) is 20.6 Å². The summed E-state index contributed by atoms with van der Waals surface area (Å²) in [4.78, 5) is 41.3. The molecular weight excluding hydrogens is 361 g/mol. The van der Waals surface area contributed by atoms with Crippen LogP contribution in [0.15, 0.2) is 26.0 Å². The molecule has 28 heavy (non-hydrogen) atoms. The van der Waals surface area contributed by atoms with E-state index in [-0.39, 0.29) is 30.3 Å². The molecule has 156 valence electrons. The van der Waals surface area contributed by atoms with Crippen molar-refractivity contribution in [1.29, 1.82) is 0 Å². The van der Waals surface area contributed by atoms with Gasteiger partial charge in [-0.2, -0.15) is 0 Å². The minimum absolute atomic E-state index is 0.00163. The third-order valence-electron chi connectivity index (χ3n) is 4.85. The van der Waals surface area contributed by atoms with Crippen molar-refractivity contribution in [2.24, 2.45) is 7.05 Å². The third kappa shape index (κ3) is 3.90. The molecule has 9 nitrogen and oxygen atoms in total. The molecule has 0 spiro atoms. The molecule has 2 aromatic heterocycles. The summed E-state index contributed by atoms with van der Waals surface area (Å²) in [5.41, 5.74) is -0.0937. The SMILES string of the molecule is C/C=C(/C)Cn1c(=O)c2c(n(C)c1=O)n(CC(C)O)[11c](=O)n2C(C)CN(C)C. The first-order chi connectivity index (χ1) is 13.0. The lowest BCUT2D eigenvalue weighted by Crippen LogP contribution is -2.40. The van der Waals surface area contributed by atoms with Crippen LogP contribution in [0.4, 0.5) is 0 Å². The van der Waals surface area contributed by atoms with Crippen LogP contribution in [0, 0.1) is 0 Å². The number of aryl methyl sites for hydroxylation is 1. The molecule has 9 heteroatoms. The van der Waals surface area contributed by atoms with Gasteiger partial charge >= 0.3 is 11.4 Å². The van der Waals surface area contributed by atoms with E-state index < -0.39 is 23.0 Å². The number of aliphatic hydroxyl groups is 1. The van der Waals surface area contributed by atoms with Crippen LogP contribution >= 0.6 is 0 Å². The fraction of sp³-hybridized carbons (Fsp3) is 0.632. The number of nitrogens with zero attached hydrogens (tertiary/aromatic N) is 5. The first-order valence-electron chi connectivity index (χ1n) is 9.40. The Morgan fingerprint density at radius 2 is 1.75 bits per heavy atom. The van der Waals surface area contributed by atoms with E-state index in [1.807, 2.05) is 45.8 Å². The summed E-state index contributed by atoms with van der Waals surface area (Å²) < 4.78 is 5.24. The fourth-order valence-electron chi connectivity index (χ4n) is 3.50. The Balaban J connectivity index is 2.99. The van der Waals surface area contributed by atoms with Crippen molar-refractivity contribution in [2.45, 2.75) is 52.9 Å². The van der Waals surface area contributed by atoms with Crippen molar-refractivity contribution >= 4 is 11.2 Å². The second-order valence-corrected chi connectivity index (χ2v) is 7.76. The van der Waals surface area contributed by atoms with Gasteiger partial charge in [0.25, 0.3) is 5.56 Å². The third-order valence-corrected chi connectivity index (χ3v) is 4.85. The summed E-state index contributed by atoms with van der Waals surface area (Å²) in [6, 6.07) is -0.290. The largest absolute Gasteiger partial charge is 0.392 e. The predicted molar refractivity (Wildman–Crippen MR) is 110 cm³/mol. The van der Waals surface area contributed by atoms with Gasteiger partial charge in [0.2, 0.25) is 0 Å². The topological polar surface area (TPSA) is 94.4 Å². The number of aromatic nitrogens is 4. The highest BCUT2D eigenvalue weighted by Gasteiger charge is 2.25. The summed E-state index contributed by atoms with van der Waals surface area (Å²) >= 11 is 0. The maximum Gasteiger partial charge on any atom is 0.332 e. The maximum atomic E-state index is 13.3. The number of aliphatic hydroxyl groups excluding tert-OH is 1. The number of rotatable bonds is 7. The Kier molecular flexibility index (Phi) is 6.51. The number of fused-ring (bicyclic) bond motifs is 1. The van der Waals surface area contributed by atoms with E-state index in [1.54, 1.807) is 14.0 Å². The summed E-state index contributed by atoms with van der Waals surface area (Å²) in [6.07, 6.45) is 1.04. The van der Waals surface area contributed by atoms with Crippen LogP contribution in [-0.4, -0.2) is 55.0 Å². The van der Waals surface area contributed by atoms with Gasteiger partial charge in [0.15, 0.2) is 11.2 Å². The summed E-state index contributed by atoms with van der Waals surface area (Å²) in [6.45, 7) is 7.82. The van der Waals surface area contributed by atoms with Gasteiger partial charge in [-0.25, -0.2) is 9.59 Å². The Bertz CT molecular complexity index is 1070. The van der Waals surface area contributed by atoms with Gasteiger partial charge in [-0.15, -0.1) is 0 Å². The molecule has 2 heterocycles. The van der Waals surface area contributed by atoms with Gasteiger partial charge in [-0.3, -0.25) is 23.1 Å². The van der Waals surface area contributed by atoms with Crippen LogP contribution in [0.25, 0.3) is 11.2 Å².